The van der Waals surface area contributed by atoms with Crippen molar-refractivity contribution in [2.45, 2.75) is 23.8 Å². The number of piperidine rings is 1. The highest BCUT2D eigenvalue weighted by Gasteiger charge is 2.23. The van der Waals surface area contributed by atoms with Crippen molar-refractivity contribution >= 4 is 21.4 Å². The highest BCUT2D eigenvalue weighted by atomic mass is 32.2. The molecule has 2 rings (SSSR count). The summed E-state index contributed by atoms with van der Waals surface area (Å²) in [6.07, 6.45) is 2.26. The molecule has 0 bridgehead atoms. The Morgan fingerprint density at radius 1 is 1.40 bits per heavy atom. The minimum absolute atomic E-state index is 0.0490. The lowest BCUT2D eigenvalue weighted by Gasteiger charge is -2.37. The van der Waals surface area contributed by atoms with Gasteiger partial charge in [-0.15, -0.1) is 0 Å². The van der Waals surface area contributed by atoms with Crippen molar-refractivity contribution in [2.24, 2.45) is 5.14 Å². The van der Waals surface area contributed by atoms with E-state index in [0.29, 0.717) is 11.7 Å². The molecule has 0 radical (unpaired) electrons. The summed E-state index contributed by atoms with van der Waals surface area (Å²) in [6.45, 7) is 2.09. The quantitative estimate of drug-likeness (QED) is 0.790. The number of hydrogen-bond acceptors (Lipinski definition) is 5. The Morgan fingerprint density at radius 2 is 2.10 bits per heavy atom. The third kappa shape index (κ3) is 3.23. The fourth-order valence-electron chi connectivity index (χ4n) is 2.68. The fourth-order valence-corrected chi connectivity index (χ4v) is 3.23. The van der Waals surface area contributed by atoms with Crippen LogP contribution >= 0.6 is 0 Å². The first-order valence-electron chi connectivity index (χ1n) is 6.63. The van der Waals surface area contributed by atoms with Crippen LogP contribution < -0.4 is 15.8 Å². The minimum Gasteiger partial charge on any atom is -0.397 e. The van der Waals surface area contributed by atoms with Gasteiger partial charge in [-0.25, -0.2) is 13.6 Å². The lowest BCUT2D eigenvalue weighted by atomic mass is 10.0. The SMILES string of the molecule is CN1CCCC(N(C)c2ccc(S(N)(=O)=O)cc2N)C1. The van der Waals surface area contributed by atoms with Crippen molar-refractivity contribution < 1.29 is 8.42 Å². The molecule has 1 atom stereocenters. The summed E-state index contributed by atoms with van der Waals surface area (Å²) < 4.78 is 22.6. The summed E-state index contributed by atoms with van der Waals surface area (Å²) in [5, 5.41) is 5.11. The van der Waals surface area contributed by atoms with E-state index in [1.807, 2.05) is 7.05 Å². The molecule has 4 N–H and O–H groups in total. The van der Waals surface area contributed by atoms with Gasteiger partial charge in [0.15, 0.2) is 0 Å². The summed E-state index contributed by atoms with van der Waals surface area (Å²) >= 11 is 0. The average Bonchev–Trinajstić information content (AvgIpc) is 2.36. The van der Waals surface area contributed by atoms with Crippen LogP contribution in [0.25, 0.3) is 0 Å². The largest absolute Gasteiger partial charge is 0.397 e. The summed E-state index contributed by atoms with van der Waals surface area (Å²) in [5.41, 5.74) is 7.27. The summed E-state index contributed by atoms with van der Waals surface area (Å²) in [6, 6.07) is 5.04. The number of anilines is 2. The maximum atomic E-state index is 11.3. The monoisotopic (exact) mass is 298 g/mol. The number of benzene rings is 1. The fraction of sp³-hybridized carbons (Fsp3) is 0.538. The van der Waals surface area contributed by atoms with E-state index in [2.05, 4.69) is 16.8 Å². The van der Waals surface area contributed by atoms with E-state index in [0.717, 1.165) is 31.6 Å². The highest BCUT2D eigenvalue weighted by molar-refractivity contribution is 7.89. The molecule has 0 saturated carbocycles. The van der Waals surface area contributed by atoms with Crippen LogP contribution in [0, 0.1) is 0 Å². The lowest BCUT2D eigenvalue weighted by molar-refractivity contribution is 0.248. The van der Waals surface area contributed by atoms with Gasteiger partial charge >= 0.3 is 0 Å². The highest BCUT2D eigenvalue weighted by Crippen LogP contribution is 2.28. The average molecular weight is 298 g/mol. The number of likely N-dealkylation sites (N-methyl/N-ethyl adjacent to an activating group) is 2. The smallest absolute Gasteiger partial charge is 0.238 e. The second-order valence-electron chi connectivity index (χ2n) is 5.43. The third-order valence-electron chi connectivity index (χ3n) is 3.85. The van der Waals surface area contributed by atoms with Crippen molar-refractivity contribution in [3.05, 3.63) is 18.2 Å². The van der Waals surface area contributed by atoms with Crippen LogP contribution in [-0.2, 0) is 10.0 Å². The van der Waals surface area contributed by atoms with Gasteiger partial charge in [0.25, 0.3) is 0 Å². The van der Waals surface area contributed by atoms with Crippen molar-refractivity contribution in [1.82, 2.24) is 4.90 Å². The maximum absolute atomic E-state index is 11.3. The zero-order chi connectivity index (χ0) is 14.9. The van der Waals surface area contributed by atoms with Gasteiger partial charge in [0.05, 0.1) is 16.3 Å². The molecule has 1 fully saturated rings. The van der Waals surface area contributed by atoms with Gasteiger partial charge in [-0.3, -0.25) is 0 Å². The number of nitrogens with zero attached hydrogens (tertiary/aromatic N) is 2. The zero-order valence-electron chi connectivity index (χ0n) is 11.9. The first-order valence-corrected chi connectivity index (χ1v) is 8.17. The maximum Gasteiger partial charge on any atom is 0.238 e. The van der Waals surface area contributed by atoms with Crippen LogP contribution in [0.3, 0.4) is 0 Å². The van der Waals surface area contributed by atoms with E-state index in [-0.39, 0.29) is 4.90 Å². The van der Waals surface area contributed by atoms with Gasteiger partial charge in [-0.2, -0.15) is 0 Å². The molecule has 20 heavy (non-hydrogen) atoms. The molecule has 0 spiro atoms. The van der Waals surface area contributed by atoms with Gasteiger partial charge in [0, 0.05) is 19.6 Å². The van der Waals surface area contributed by atoms with Crippen LogP contribution in [0.2, 0.25) is 0 Å². The number of nitrogens with two attached hydrogens (primary N) is 2. The topological polar surface area (TPSA) is 92.7 Å². The molecule has 0 aliphatic carbocycles. The molecule has 1 aliphatic heterocycles. The van der Waals surface area contributed by atoms with Crippen LogP contribution in [0.4, 0.5) is 11.4 Å². The Bertz CT molecular complexity index is 588. The number of likely N-dealkylation sites (tertiary alicyclic amines) is 1. The predicted octanol–water partition coefficient (Wildman–Crippen LogP) is 0.447. The molecular weight excluding hydrogens is 276 g/mol. The van der Waals surface area contributed by atoms with Crippen LogP contribution in [-0.4, -0.2) is 46.5 Å². The van der Waals surface area contributed by atoms with Crippen molar-refractivity contribution in [3.63, 3.8) is 0 Å². The van der Waals surface area contributed by atoms with E-state index < -0.39 is 10.0 Å². The number of sulfonamides is 1. The summed E-state index contributed by atoms with van der Waals surface area (Å²) in [4.78, 5) is 4.46. The Kier molecular flexibility index (Phi) is 4.22. The van der Waals surface area contributed by atoms with E-state index in [1.54, 1.807) is 6.07 Å². The first-order chi connectivity index (χ1) is 9.29. The molecule has 0 aromatic heterocycles. The summed E-state index contributed by atoms with van der Waals surface area (Å²) in [5.74, 6) is 0. The number of rotatable bonds is 3. The van der Waals surface area contributed by atoms with Crippen LogP contribution in [0.5, 0.6) is 0 Å². The molecule has 6 nitrogen and oxygen atoms in total. The summed E-state index contributed by atoms with van der Waals surface area (Å²) in [7, 11) is 0.389. The molecule has 1 saturated heterocycles. The standard InChI is InChI=1S/C13H22N4O2S/c1-16-7-3-4-10(9-16)17(2)13-6-5-11(8-12(13)14)20(15,18)19/h5-6,8,10H,3-4,7,9,14H2,1-2H3,(H2,15,18,19). The normalized spacial score (nSPS) is 20.9. The molecule has 112 valence electrons. The van der Waals surface area contributed by atoms with E-state index >= 15 is 0 Å². The molecule has 1 aliphatic rings. The molecule has 1 heterocycles. The predicted molar refractivity (Wildman–Crippen MR) is 81.1 cm³/mol. The van der Waals surface area contributed by atoms with E-state index in [1.165, 1.54) is 12.1 Å². The number of primary sulfonamides is 1. The van der Waals surface area contributed by atoms with Gasteiger partial charge in [0.2, 0.25) is 10.0 Å². The molecule has 1 aromatic carbocycles. The minimum atomic E-state index is -3.71. The van der Waals surface area contributed by atoms with Crippen molar-refractivity contribution in [3.8, 4) is 0 Å². The number of nitrogen functional groups attached to an aromatic ring is 1. The van der Waals surface area contributed by atoms with Gasteiger partial charge in [-0.1, -0.05) is 0 Å². The molecule has 7 heteroatoms. The Labute approximate surface area is 120 Å². The van der Waals surface area contributed by atoms with Crippen LogP contribution in [0.1, 0.15) is 12.8 Å². The Hall–Kier alpha value is -1.31. The van der Waals surface area contributed by atoms with Gasteiger partial charge in [0.1, 0.15) is 0 Å². The lowest BCUT2D eigenvalue weighted by Crippen LogP contribution is -2.45. The van der Waals surface area contributed by atoms with Gasteiger partial charge < -0.3 is 15.5 Å². The second kappa shape index (κ2) is 5.59. The Balaban J connectivity index is 2.24. The molecule has 1 aromatic rings. The van der Waals surface area contributed by atoms with Crippen LogP contribution in [0.15, 0.2) is 23.1 Å². The van der Waals surface area contributed by atoms with Crippen molar-refractivity contribution in [2.75, 3.05) is 37.8 Å². The van der Waals surface area contributed by atoms with E-state index in [4.69, 9.17) is 10.9 Å². The van der Waals surface area contributed by atoms with Gasteiger partial charge in [-0.05, 0) is 44.6 Å². The molecule has 1 unspecified atom stereocenters. The number of hydrogen-bond donors (Lipinski definition) is 2. The first kappa shape index (κ1) is 15.1. The molecule has 0 amide bonds. The van der Waals surface area contributed by atoms with Crippen molar-refractivity contribution in [1.29, 1.82) is 0 Å². The molecular formula is C13H22N4O2S. The van der Waals surface area contributed by atoms with E-state index in [9.17, 15) is 8.42 Å². The third-order valence-corrected chi connectivity index (χ3v) is 4.77. The zero-order valence-corrected chi connectivity index (χ0v) is 12.7. The second-order valence-corrected chi connectivity index (χ2v) is 7.00. The Morgan fingerprint density at radius 3 is 2.65 bits per heavy atom.